The van der Waals surface area contributed by atoms with Gasteiger partial charge in [0.05, 0.1) is 0 Å². The molecule has 3 heterocycles. The molecule has 6 heteroatoms. The number of hydrogen-bond donors (Lipinski definition) is 0. The predicted molar refractivity (Wildman–Crippen MR) is 94.2 cm³/mol. The smallest absolute Gasteiger partial charge is 0.184 e. The monoisotopic (exact) mass is 340 g/mol. The zero-order chi connectivity index (χ0) is 16.5. The normalized spacial score (nSPS) is 18.3. The Hall–Kier alpha value is -2.27. The minimum atomic E-state index is 0.114. The Balaban J connectivity index is 1.50. The van der Waals surface area contributed by atoms with Gasteiger partial charge in [0.1, 0.15) is 6.54 Å². The van der Waals surface area contributed by atoms with Crippen molar-refractivity contribution < 1.29 is 4.79 Å². The Morgan fingerprint density at radius 2 is 1.75 bits per heavy atom. The highest BCUT2D eigenvalue weighted by molar-refractivity contribution is 6.29. The summed E-state index contributed by atoms with van der Waals surface area (Å²) in [5.74, 6) is 1.36. The van der Waals surface area contributed by atoms with E-state index in [1.165, 1.54) is 0 Å². The first-order valence-electron chi connectivity index (χ1n) is 8.13. The van der Waals surface area contributed by atoms with Gasteiger partial charge >= 0.3 is 0 Å². The molecule has 2 aromatic rings. The molecule has 0 bridgehead atoms. The molecular weight excluding hydrogens is 324 g/mol. The van der Waals surface area contributed by atoms with Gasteiger partial charge in [-0.2, -0.15) is 0 Å². The average molecular weight is 341 g/mol. The lowest BCUT2D eigenvalue weighted by molar-refractivity contribution is 0.1000. The minimum Gasteiger partial charge on any atom is -0.355 e. The zero-order valence-electron chi connectivity index (χ0n) is 13.2. The molecule has 1 aromatic carbocycles. The van der Waals surface area contributed by atoms with Crippen molar-refractivity contribution in [1.82, 2.24) is 10.2 Å². The first kappa shape index (κ1) is 15.3. The molecule has 0 N–H and O–H groups in total. The van der Waals surface area contributed by atoms with E-state index in [9.17, 15) is 4.79 Å². The van der Waals surface area contributed by atoms with Crippen LogP contribution in [-0.4, -0.2) is 41.3 Å². The summed E-state index contributed by atoms with van der Waals surface area (Å²) < 4.78 is 0. The van der Waals surface area contributed by atoms with E-state index in [-0.39, 0.29) is 12.3 Å². The van der Waals surface area contributed by atoms with E-state index in [1.54, 1.807) is 6.07 Å². The third-order valence-corrected chi connectivity index (χ3v) is 4.92. The topological polar surface area (TPSA) is 58.5 Å². The molecule has 24 heavy (non-hydrogen) atoms. The van der Waals surface area contributed by atoms with Gasteiger partial charge in [-0.1, -0.05) is 35.9 Å². The molecule has 0 spiro atoms. The van der Waals surface area contributed by atoms with Crippen molar-refractivity contribution in [3.05, 3.63) is 52.7 Å². The zero-order valence-corrected chi connectivity index (χ0v) is 13.9. The molecule has 1 saturated heterocycles. The van der Waals surface area contributed by atoms with Crippen LogP contribution < -0.4 is 4.90 Å². The number of halogens is 1. The molecule has 122 valence electrons. The average Bonchev–Trinajstić information content (AvgIpc) is 2.63. The third kappa shape index (κ3) is 2.80. The molecule has 0 unspecified atom stereocenters. The maximum Gasteiger partial charge on any atom is 0.184 e. The number of Topliss-reactive ketones (excluding diaryl/α,β-unsaturated/α-hetero) is 1. The maximum atomic E-state index is 12.0. The van der Waals surface area contributed by atoms with E-state index in [4.69, 9.17) is 11.6 Å². The molecule has 1 aromatic heterocycles. The maximum absolute atomic E-state index is 12.0. The van der Waals surface area contributed by atoms with Crippen LogP contribution in [0.5, 0.6) is 0 Å². The van der Waals surface area contributed by atoms with Crippen LogP contribution >= 0.6 is 11.6 Å². The summed E-state index contributed by atoms with van der Waals surface area (Å²) in [5.41, 5.74) is 2.92. The fourth-order valence-electron chi connectivity index (χ4n) is 3.49. The van der Waals surface area contributed by atoms with Gasteiger partial charge in [0, 0.05) is 35.8 Å². The van der Waals surface area contributed by atoms with Crippen molar-refractivity contribution >= 4 is 28.9 Å². The lowest BCUT2D eigenvalue weighted by atomic mass is 9.84. The summed E-state index contributed by atoms with van der Waals surface area (Å²) in [6, 6.07) is 11.5. The van der Waals surface area contributed by atoms with E-state index in [0.717, 1.165) is 48.6 Å². The van der Waals surface area contributed by atoms with Crippen LogP contribution in [0.4, 0.5) is 5.82 Å². The second kappa shape index (κ2) is 6.32. The molecule has 2 aliphatic heterocycles. The molecular formula is C18H17ClN4O. The quantitative estimate of drug-likeness (QED) is 0.843. The van der Waals surface area contributed by atoms with Gasteiger partial charge in [0.25, 0.3) is 0 Å². The van der Waals surface area contributed by atoms with Gasteiger partial charge < -0.3 is 4.90 Å². The van der Waals surface area contributed by atoms with Crippen LogP contribution in [0.2, 0.25) is 5.15 Å². The fraction of sp³-hybridized carbons (Fsp3) is 0.333. The number of rotatable bonds is 2. The Labute approximate surface area is 145 Å². The highest BCUT2D eigenvalue weighted by Gasteiger charge is 2.29. The van der Waals surface area contributed by atoms with Gasteiger partial charge in [-0.3, -0.25) is 9.79 Å². The summed E-state index contributed by atoms with van der Waals surface area (Å²) in [4.78, 5) is 18.8. The SMILES string of the molecule is O=C1CN=C(C2CCN(c3ccc(Cl)nn3)CC2)c2ccccc21. The predicted octanol–water partition coefficient (Wildman–Crippen LogP) is 3.03. The number of hydrogen-bond acceptors (Lipinski definition) is 5. The summed E-state index contributed by atoms with van der Waals surface area (Å²) in [6.07, 6.45) is 1.98. The van der Waals surface area contributed by atoms with E-state index in [2.05, 4.69) is 20.1 Å². The van der Waals surface area contributed by atoms with Gasteiger partial charge in [0.15, 0.2) is 16.8 Å². The third-order valence-electron chi connectivity index (χ3n) is 4.72. The van der Waals surface area contributed by atoms with Crippen molar-refractivity contribution in [3.63, 3.8) is 0 Å². The summed E-state index contributed by atoms with van der Waals surface area (Å²) in [7, 11) is 0. The van der Waals surface area contributed by atoms with Crippen LogP contribution in [0.1, 0.15) is 28.8 Å². The highest BCUT2D eigenvalue weighted by Crippen LogP contribution is 2.28. The Morgan fingerprint density at radius 1 is 1.00 bits per heavy atom. The Bertz CT molecular complexity index is 795. The van der Waals surface area contributed by atoms with Crippen LogP contribution in [-0.2, 0) is 0 Å². The van der Waals surface area contributed by atoms with Crippen molar-refractivity contribution in [2.75, 3.05) is 24.5 Å². The van der Waals surface area contributed by atoms with Gasteiger partial charge in [-0.05, 0) is 25.0 Å². The van der Waals surface area contributed by atoms with Crippen LogP contribution in [0.25, 0.3) is 0 Å². The van der Waals surface area contributed by atoms with Gasteiger partial charge in [0.2, 0.25) is 0 Å². The largest absolute Gasteiger partial charge is 0.355 e. The molecule has 5 nitrogen and oxygen atoms in total. The molecule has 0 radical (unpaired) electrons. The van der Waals surface area contributed by atoms with E-state index in [1.807, 2.05) is 30.3 Å². The van der Waals surface area contributed by atoms with E-state index < -0.39 is 0 Å². The number of carbonyl (C=O) groups excluding carboxylic acids is 1. The van der Waals surface area contributed by atoms with Crippen LogP contribution in [0, 0.1) is 5.92 Å². The number of ketones is 1. The van der Waals surface area contributed by atoms with Gasteiger partial charge in [-0.15, -0.1) is 10.2 Å². The minimum absolute atomic E-state index is 0.114. The first-order valence-corrected chi connectivity index (χ1v) is 8.51. The number of aliphatic imine (C=N–C) groups is 1. The lowest BCUT2D eigenvalue weighted by Crippen LogP contribution is -2.38. The second-order valence-corrected chi connectivity index (χ2v) is 6.53. The van der Waals surface area contributed by atoms with E-state index in [0.29, 0.717) is 11.1 Å². The number of nitrogens with zero attached hydrogens (tertiary/aromatic N) is 4. The summed E-state index contributed by atoms with van der Waals surface area (Å²) in [6.45, 7) is 2.07. The lowest BCUT2D eigenvalue weighted by Gasteiger charge is -2.34. The summed E-state index contributed by atoms with van der Waals surface area (Å²) in [5, 5.41) is 8.48. The summed E-state index contributed by atoms with van der Waals surface area (Å²) >= 11 is 5.80. The molecule has 2 aliphatic rings. The molecule has 4 rings (SSSR count). The number of piperidine rings is 1. The molecule has 0 aliphatic carbocycles. The molecule has 0 saturated carbocycles. The van der Waals surface area contributed by atoms with Crippen molar-refractivity contribution in [3.8, 4) is 0 Å². The number of aromatic nitrogens is 2. The standard InChI is InChI=1S/C18H17ClN4O/c19-16-5-6-17(22-21-16)23-9-7-12(8-10-23)18-14-4-2-1-3-13(14)15(24)11-20-18/h1-6,12H,7-11H2. The van der Waals surface area contributed by atoms with Crippen LogP contribution in [0.3, 0.4) is 0 Å². The second-order valence-electron chi connectivity index (χ2n) is 6.15. The first-order chi connectivity index (χ1) is 11.7. The van der Waals surface area contributed by atoms with Crippen molar-refractivity contribution in [1.29, 1.82) is 0 Å². The fourth-order valence-corrected chi connectivity index (χ4v) is 3.59. The van der Waals surface area contributed by atoms with Crippen molar-refractivity contribution in [2.24, 2.45) is 10.9 Å². The number of carbonyl (C=O) groups is 1. The van der Waals surface area contributed by atoms with Crippen molar-refractivity contribution in [2.45, 2.75) is 12.8 Å². The Morgan fingerprint density at radius 3 is 2.46 bits per heavy atom. The van der Waals surface area contributed by atoms with Crippen LogP contribution in [0.15, 0.2) is 41.4 Å². The number of fused-ring (bicyclic) bond motifs is 1. The number of anilines is 1. The molecule has 0 atom stereocenters. The van der Waals surface area contributed by atoms with Gasteiger partial charge in [-0.25, -0.2) is 0 Å². The Kier molecular flexibility index (Phi) is 4.02. The number of benzene rings is 1. The highest BCUT2D eigenvalue weighted by atomic mass is 35.5. The molecule has 0 amide bonds. The molecule has 1 fully saturated rings. The van der Waals surface area contributed by atoms with E-state index >= 15 is 0 Å².